The molecule has 8 heteroatoms. The average Bonchev–Trinajstić information content (AvgIpc) is 2.94. The number of nitrogens with zero attached hydrogens (tertiary/aromatic N) is 4. The number of carbonyl (C=O) groups excluding carboxylic acids is 1. The van der Waals surface area contributed by atoms with Crippen LogP contribution in [0, 0.1) is 11.3 Å². The Kier molecular flexibility index (Phi) is 4.88. The number of urea groups is 1. The molecule has 0 unspecified atom stereocenters. The number of fused-ring (bicyclic) bond motifs is 1. The molecule has 25 heavy (non-hydrogen) atoms. The summed E-state index contributed by atoms with van der Waals surface area (Å²) in [6, 6.07) is 12.0. The highest BCUT2D eigenvalue weighted by Gasteiger charge is 2.21. The minimum atomic E-state index is -0.290. The summed E-state index contributed by atoms with van der Waals surface area (Å²) in [4.78, 5) is 23.8. The van der Waals surface area contributed by atoms with Crippen LogP contribution >= 0.6 is 24.0 Å². The fraction of sp³-hybridized carbons (Fsp3) is 0.176. The van der Waals surface area contributed by atoms with E-state index in [1.54, 1.807) is 35.2 Å². The molecule has 0 aliphatic rings. The topological polar surface area (TPSA) is 81.9 Å². The molecule has 0 saturated heterocycles. The largest absolute Gasteiger partial charge is 0.327 e. The molecule has 6 nitrogen and oxygen atoms in total. The molecule has 2 heterocycles. The van der Waals surface area contributed by atoms with E-state index in [0.717, 1.165) is 10.3 Å². The Labute approximate surface area is 154 Å². The van der Waals surface area contributed by atoms with Gasteiger partial charge in [0.1, 0.15) is 20.5 Å². The van der Waals surface area contributed by atoms with Crippen LogP contribution in [0.4, 0.5) is 16.3 Å². The standard InChI is InChI=1S/C17H15N5OS2/c1-10(2)22(14-8-7-13-15(21-14)25-17(24)20-13)16(23)19-12-5-3-11(9-18)4-6-12/h3-8,10H,1-2H3,(H,19,23)(H,20,24). The molecule has 2 amide bonds. The van der Waals surface area contributed by atoms with E-state index in [1.807, 2.05) is 26.0 Å². The third-order valence-corrected chi connectivity index (χ3v) is 4.62. The van der Waals surface area contributed by atoms with Gasteiger partial charge in [0, 0.05) is 11.7 Å². The number of thiazole rings is 1. The number of carbonyl (C=O) groups is 1. The Balaban J connectivity index is 1.88. The summed E-state index contributed by atoms with van der Waals surface area (Å²) in [5.41, 5.74) is 1.92. The van der Waals surface area contributed by atoms with Crippen molar-refractivity contribution in [1.82, 2.24) is 9.97 Å². The van der Waals surface area contributed by atoms with Gasteiger partial charge >= 0.3 is 6.03 Å². The second-order valence-corrected chi connectivity index (χ2v) is 7.28. The Bertz CT molecular complexity index is 959. The quantitative estimate of drug-likeness (QED) is 0.675. The monoisotopic (exact) mass is 369 g/mol. The van der Waals surface area contributed by atoms with Crippen LogP contribution in [0.25, 0.3) is 10.3 Å². The van der Waals surface area contributed by atoms with E-state index in [-0.39, 0.29) is 12.1 Å². The molecule has 2 aromatic heterocycles. The highest BCUT2D eigenvalue weighted by atomic mass is 32.2. The predicted octanol–water partition coefficient (Wildman–Crippen LogP) is 4.30. The van der Waals surface area contributed by atoms with Crippen LogP contribution in [-0.4, -0.2) is 22.0 Å². The number of nitriles is 1. The summed E-state index contributed by atoms with van der Waals surface area (Å²) < 4.78 is 0.637. The van der Waals surface area contributed by atoms with Gasteiger partial charge in [-0.05, 0) is 50.2 Å². The lowest BCUT2D eigenvalue weighted by molar-refractivity contribution is 0.255. The van der Waals surface area contributed by atoms with Crippen LogP contribution < -0.4 is 10.2 Å². The number of hydrogen-bond acceptors (Lipinski definition) is 6. The number of aromatic nitrogens is 2. The van der Waals surface area contributed by atoms with Crippen molar-refractivity contribution in [2.24, 2.45) is 0 Å². The summed E-state index contributed by atoms with van der Waals surface area (Å²) in [7, 11) is 0. The van der Waals surface area contributed by atoms with E-state index in [2.05, 4.69) is 27.9 Å². The van der Waals surface area contributed by atoms with E-state index in [9.17, 15) is 4.79 Å². The van der Waals surface area contributed by atoms with Gasteiger partial charge in [0.15, 0.2) is 0 Å². The number of anilines is 2. The first kappa shape index (κ1) is 17.2. The minimum absolute atomic E-state index is 0.0910. The lowest BCUT2D eigenvalue weighted by atomic mass is 10.2. The number of nitrogens with one attached hydrogen (secondary N) is 1. The Morgan fingerprint density at radius 2 is 1.96 bits per heavy atom. The van der Waals surface area contributed by atoms with Crippen LogP contribution in [0.5, 0.6) is 0 Å². The number of amides is 2. The Morgan fingerprint density at radius 1 is 1.24 bits per heavy atom. The number of benzene rings is 1. The zero-order valence-electron chi connectivity index (χ0n) is 13.6. The van der Waals surface area contributed by atoms with E-state index in [4.69, 9.17) is 5.26 Å². The summed E-state index contributed by atoms with van der Waals surface area (Å²) in [5, 5.41) is 11.7. The zero-order valence-corrected chi connectivity index (χ0v) is 15.3. The highest BCUT2D eigenvalue weighted by molar-refractivity contribution is 7.82. The van der Waals surface area contributed by atoms with Gasteiger partial charge in [0.05, 0.1) is 11.6 Å². The van der Waals surface area contributed by atoms with E-state index in [0.29, 0.717) is 21.4 Å². The van der Waals surface area contributed by atoms with Crippen molar-refractivity contribution < 1.29 is 4.79 Å². The summed E-state index contributed by atoms with van der Waals surface area (Å²) >= 11 is 5.61. The molecule has 0 radical (unpaired) electrons. The highest BCUT2D eigenvalue weighted by Crippen LogP contribution is 2.26. The van der Waals surface area contributed by atoms with Gasteiger partial charge in [0.25, 0.3) is 0 Å². The van der Waals surface area contributed by atoms with Gasteiger partial charge < -0.3 is 5.32 Å². The SMILES string of the molecule is CC(C)N(C(=O)Nc1ccc(C#N)cc1)c1ccc2nc(S)sc2n1. The van der Waals surface area contributed by atoms with Crippen molar-refractivity contribution >= 4 is 51.8 Å². The van der Waals surface area contributed by atoms with Crippen molar-refractivity contribution in [3.05, 3.63) is 42.0 Å². The lowest BCUT2D eigenvalue weighted by Crippen LogP contribution is -2.40. The first-order valence-corrected chi connectivity index (χ1v) is 8.81. The van der Waals surface area contributed by atoms with Crippen LogP contribution in [0.15, 0.2) is 40.7 Å². The van der Waals surface area contributed by atoms with Gasteiger partial charge in [0.2, 0.25) is 0 Å². The Morgan fingerprint density at radius 3 is 2.60 bits per heavy atom. The summed E-state index contributed by atoms with van der Waals surface area (Å²) in [6.45, 7) is 3.84. The minimum Gasteiger partial charge on any atom is -0.307 e. The molecule has 0 atom stereocenters. The van der Waals surface area contributed by atoms with Crippen molar-refractivity contribution in [3.8, 4) is 6.07 Å². The first-order valence-electron chi connectivity index (χ1n) is 7.55. The second kappa shape index (κ2) is 7.09. The number of pyridine rings is 1. The third kappa shape index (κ3) is 3.73. The molecule has 126 valence electrons. The number of hydrogen-bond donors (Lipinski definition) is 2. The van der Waals surface area contributed by atoms with Crippen LogP contribution in [0.1, 0.15) is 19.4 Å². The molecule has 3 rings (SSSR count). The van der Waals surface area contributed by atoms with E-state index >= 15 is 0 Å². The third-order valence-electron chi connectivity index (χ3n) is 3.48. The number of rotatable bonds is 3. The molecule has 1 aromatic carbocycles. The second-order valence-electron chi connectivity index (χ2n) is 5.57. The van der Waals surface area contributed by atoms with Crippen molar-refractivity contribution in [3.63, 3.8) is 0 Å². The Hall–Kier alpha value is -2.63. The molecule has 0 fully saturated rings. The number of thiol groups is 1. The molecule has 0 bridgehead atoms. The van der Waals surface area contributed by atoms with Gasteiger partial charge in [-0.2, -0.15) is 5.26 Å². The van der Waals surface area contributed by atoms with Crippen molar-refractivity contribution in [2.45, 2.75) is 24.2 Å². The predicted molar refractivity (Wildman–Crippen MR) is 102 cm³/mol. The van der Waals surface area contributed by atoms with E-state index < -0.39 is 0 Å². The molecule has 0 saturated carbocycles. The normalized spacial score (nSPS) is 10.7. The molecule has 3 aromatic rings. The first-order chi connectivity index (χ1) is 12.0. The molecule has 1 N–H and O–H groups in total. The van der Waals surface area contributed by atoms with Gasteiger partial charge in [-0.15, -0.1) is 12.6 Å². The van der Waals surface area contributed by atoms with Gasteiger partial charge in [-0.1, -0.05) is 11.3 Å². The zero-order chi connectivity index (χ0) is 18.0. The molecule has 0 spiro atoms. The summed E-state index contributed by atoms with van der Waals surface area (Å²) in [6.07, 6.45) is 0. The smallest absolute Gasteiger partial charge is 0.307 e. The lowest BCUT2D eigenvalue weighted by Gasteiger charge is -2.26. The molecular formula is C17H15N5OS2. The van der Waals surface area contributed by atoms with Crippen LogP contribution in [-0.2, 0) is 0 Å². The van der Waals surface area contributed by atoms with Gasteiger partial charge in [-0.3, -0.25) is 4.90 Å². The molecular weight excluding hydrogens is 354 g/mol. The van der Waals surface area contributed by atoms with Crippen LogP contribution in [0.2, 0.25) is 0 Å². The van der Waals surface area contributed by atoms with Crippen LogP contribution in [0.3, 0.4) is 0 Å². The summed E-state index contributed by atoms with van der Waals surface area (Å²) in [5.74, 6) is 0.547. The van der Waals surface area contributed by atoms with Crippen molar-refractivity contribution in [2.75, 3.05) is 10.2 Å². The fourth-order valence-electron chi connectivity index (χ4n) is 2.34. The maximum Gasteiger partial charge on any atom is 0.327 e. The van der Waals surface area contributed by atoms with Gasteiger partial charge in [-0.25, -0.2) is 14.8 Å². The average molecular weight is 369 g/mol. The fourth-order valence-corrected chi connectivity index (χ4v) is 3.39. The molecule has 0 aliphatic carbocycles. The van der Waals surface area contributed by atoms with Crippen molar-refractivity contribution in [1.29, 1.82) is 5.26 Å². The maximum absolute atomic E-state index is 12.7. The maximum atomic E-state index is 12.7. The van der Waals surface area contributed by atoms with E-state index in [1.165, 1.54) is 11.3 Å². The molecule has 0 aliphatic heterocycles.